The van der Waals surface area contributed by atoms with Crippen molar-refractivity contribution in [2.75, 3.05) is 12.8 Å². The van der Waals surface area contributed by atoms with Gasteiger partial charge in [0.1, 0.15) is 28.9 Å². The topological polar surface area (TPSA) is 152 Å². The molecule has 190 valence electrons. The maximum absolute atomic E-state index is 13.3. The van der Waals surface area contributed by atoms with Crippen molar-refractivity contribution in [1.82, 2.24) is 9.88 Å². The number of ether oxygens (including phenoxy) is 1. The largest absolute Gasteiger partial charge is 0.506 e. The van der Waals surface area contributed by atoms with Crippen LogP contribution in [0, 0.1) is 0 Å². The Bertz CT molecular complexity index is 1580. The van der Waals surface area contributed by atoms with Gasteiger partial charge in [-0.15, -0.1) is 0 Å². The number of aromatic nitrogens is 1. The number of sulfone groups is 1. The van der Waals surface area contributed by atoms with Gasteiger partial charge in [0, 0.05) is 11.6 Å². The Labute approximate surface area is 200 Å². The Morgan fingerprint density at radius 3 is 2.36 bits per heavy atom. The highest BCUT2D eigenvalue weighted by Gasteiger charge is 2.34. The van der Waals surface area contributed by atoms with Crippen LogP contribution in [-0.2, 0) is 27.4 Å². The number of halogens is 3. The molecule has 3 aromatic rings. The first-order valence-electron chi connectivity index (χ1n) is 10.2. The number of nitrogens with zero attached hydrogens (tertiary/aromatic N) is 1. The summed E-state index contributed by atoms with van der Waals surface area (Å²) in [5, 5.41) is 21.3. The van der Waals surface area contributed by atoms with Gasteiger partial charge in [-0.1, -0.05) is 12.1 Å². The number of nitrogens with one attached hydrogen (secondary N) is 1. The summed E-state index contributed by atoms with van der Waals surface area (Å²) in [6.07, 6.45) is -4.85. The number of carboxylic acids is 1. The molecular weight excluding hydrogens is 509 g/mol. The van der Waals surface area contributed by atoms with Crippen LogP contribution in [0.3, 0.4) is 0 Å². The molecule has 1 aliphatic heterocycles. The first-order valence-corrected chi connectivity index (χ1v) is 12.1. The number of benzene rings is 2. The van der Waals surface area contributed by atoms with Crippen LogP contribution in [0.5, 0.6) is 11.5 Å². The SMILES string of the molecule is CS(=O)(=O)c1ccc2c(O)c(C(=O)NCC(=O)O)c(=O)n3c2c1OC(c1ccc(C(F)(F)F)cc1)C3. The fourth-order valence-corrected chi connectivity index (χ4v) is 4.72. The lowest BCUT2D eigenvalue weighted by atomic mass is 10.0. The number of carboxylic acid groups (broad SMARTS) is 1. The van der Waals surface area contributed by atoms with Crippen molar-refractivity contribution in [3.8, 4) is 11.5 Å². The van der Waals surface area contributed by atoms with Crippen molar-refractivity contribution in [3.63, 3.8) is 0 Å². The predicted molar refractivity (Wildman–Crippen MR) is 118 cm³/mol. The summed E-state index contributed by atoms with van der Waals surface area (Å²) in [4.78, 5) is 36.3. The van der Waals surface area contributed by atoms with Gasteiger partial charge >= 0.3 is 12.1 Å². The zero-order valence-corrected chi connectivity index (χ0v) is 19.1. The fraction of sp³-hybridized carbons (Fsp3) is 0.227. The summed E-state index contributed by atoms with van der Waals surface area (Å²) in [7, 11) is -3.94. The summed E-state index contributed by atoms with van der Waals surface area (Å²) < 4.78 is 70.6. The van der Waals surface area contributed by atoms with Gasteiger partial charge in [0.2, 0.25) is 0 Å². The highest BCUT2D eigenvalue weighted by Crippen LogP contribution is 2.43. The number of alkyl halides is 3. The Morgan fingerprint density at radius 2 is 1.81 bits per heavy atom. The van der Waals surface area contributed by atoms with Gasteiger partial charge in [-0.05, 0) is 29.8 Å². The molecule has 0 fully saturated rings. The number of aliphatic carboxylic acids is 1. The summed E-state index contributed by atoms with van der Waals surface area (Å²) in [5.41, 5.74) is -2.74. The molecule has 1 aromatic heterocycles. The molecular formula is C22H17F3N2O8S. The summed E-state index contributed by atoms with van der Waals surface area (Å²) in [5.74, 6) is -3.72. The maximum Gasteiger partial charge on any atom is 0.416 e. The Kier molecular flexibility index (Phi) is 5.95. The van der Waals surface area contributed by atoms with Crippen LogP contribution in [0.1, 0.15) is 27.6 Å². The molecule has 0 saturated carbocycles. The van der Waals surface area contributed by atoms with Crippen LogP contribution in [0.2, 0.25) is 0 Å². The van der Waals surface area contributed by atoms with E-state index in [1.165, 1.54) is 0 Å². The second-order valence-electron chi connectivity index (χ2n) is 8.00. The Morgan fingerprint density at radius 1 is 1.17 bits per heavy atom. The van der Waals surface area contributed by atoms with E-state index < -0.39 is 63.0 Å². The van der Waals surface area contributed by atoms with Gasteiger partial charge in [-0.2, -0.15) is 13.2 Å². The molecule has 0 bridgehead atoms. The molecule has 14 heteroatoms. The van der Waals surface area contributed by atoms with Crippen LogP contribution in [-0.4, -0.2) is 47.9 Å². The van der Waals surface area contributed by atoms with Gasteiger partial charge in [0.25, 0.3) is 11.5 Å². The first kappa shape index (κ1) is 25.0. The highest BCUT2D eigenvalue weighted by molar-refractivity contribution is 7.90. The van der Waals surface area contributed by atoms with E-state index in [0.29, 0.717) is 0 Å². The molecule has 0 saturated heterocycles. The molecule has 2 aromatic carbocycles. The smallest absolute Gasteiger partial charge is 0.416 e. The molecule has 36 heavy (non-hydrogen) atoms. The normalized spacial score (nSPS) is 15.4. The molecule has 1 atom stereocenters. The molecule has 0 aliphatic carbocycles. The fourth-order valence-electron chi connectivity index (χ4n) is 3.92. The molecule has 3 N–H and O–H groups in total. The van der Waals surface area contributed by atoms with E-state index in [2.05, 4.69) is 0 Å². The lowest BCUT2D eigenvalue weighted by Crippen LogP contribution is -2.38. The van der Waals surface area contributed by atoms with Gasteiger partial charge in [0.05, 0.1) is 17.6 Å². The van der Waals surface area contributed by atoms with Gasteiger partial charge in [0.15, 0.2) is 15.6 Å². The van der Waals surface area contributed by atoms with Crippen LogP contribution in [0.25, 0.3) is 10.9 Å². The van der Waals surface area contributed by atoms with E-state index in [4.69, 9.17) is 9.84 Å². The third kappa shape index (κ3) is 4.34. The number of pyridine rings is 1. The molecule has 0 radical (unpaired) electrons. The van der Waals surface area contributed by atoms with Crippen LogP contribution in [0.4, 0.5) is 13.2 Å². The number of amides is 1. The lowest BCUT2D eigenvalue weighted by molar-refractivity contribution is -0.138. The monoisotopic (exact) mass is 526 g/mol. The minimum absolute atomic E-state index is 0.122. The van der Waals surface area contributed by atoms with Crippen LogP contribution >= 0.6 is 0 Å². The van der Waals surface area contributed by atoms with Crippen LogP contribution < -0.4 is 15.6 Å². The van der Waals surface area contributed by atoms with Crippen molar-refractivity contribution < 1.29 is 46.1 Å². The molecule has 0 spiro atoms. The summed E-state index contributed by atoms with van der Waals surface area (Å²) in [6.45, 7) is -1.19. The van der Waals surface area contributed by atoms with E-state index in [1.807, 2.05) is 5.32 Å². The average molecular weight is 526 g/mol. The van der Waals surface area contributed by atoms with E-state index in [0.717, 1.165) is 47.2 Å². The van der Waals surface area contributed by atoms with Crippen molar-refractivity contribution in [2.45, 2.75) is 23.7 Å². The van der Waals surface area contributed by atoms with Crippen molar-refractivity contribution >= 4 is 32.6 Å². The predicted octanol–water partition coefficient (Wildman–Crippen LogP) is 2.08. The Balaban J connectivity index is 1.93. The molecule has 2 heterocycles. The molecule has 10 nitrogen and oxygen atoms in total. The number of rotatable bonds is 5. The lowest BCUT2D eigenvalue weighted by Gasteiger charge is -2.30. The quantitative estimate of drug-likeness (QED) is 0.457. The molecule has 4 rings (SSSR count). The van der Waals surface area contributed by atoms with E-state index in [1.54, 1.807) is 0 Å². The third-order valence-corrected chi connectivity index (χ3v) is 6.68. The maximum atomic E-state index is 13.3. The zero-order valence-electron chi connectivity index (χ0n) is 18.3. The van der Waals surface area contributed by atoms with Crippen molar-refractivity contribution in [2.24, 2.45) is 0 Å². The van der Waals surface area contributed by atoms with Crippen molar-refractivity contribution in [3.05, 3.63) is 63.4 Å². The standard InChI is InChI=1S/C22H17F3N2O8S/c1-36(33,34)14-7-6-12-17-19(14)35-13(10-2-4-11(5-3-10)22(23,24)25)9-27(17)21(32)16(18(12)30)20(31)26-8-15(28)29/h2-7,13,30H,8-9H2,1H3,(H,26,31)(H,28,29). The molecule has 1 unspecified atom stereocenters. The molecule has 1 amide bonds. The highest BCUT2D eigenvalue weighted by atomic mass is 32.2. The number of carbonyl (C=O) groups excluding carboxylic acids is 1. The number of hydrogen-bond acceptors (Lipinski definition) is 7. The Hall–Kier alpha value is -4.07. The second kappa shape index (κ2) is 8.55. The van der Waals surface area contributed by atoms with Gasteiger partial charge < -0.3 is 20.3 Å². The third-order valence-electron chi connectivity index (χ3n) is 5.56. The zero-order chi connectivity index (χ0) is 26.6. The minimum atomic E-state index is -4.60. The van der Waals surface area contributed by atoms with E-state index >= 15 is 0 Å². The number of aromatic hydroxyl groups is 1. The van der Waals surface area contributed by atoms with Gasteiger partial charge in [-0.25, -0.2) is 8.42 Å². The minimum Gasteiger partial charge on any atom is -0.506 e. The first-order chi connectivity index (χ1) is 16.7. The van der Waals surface area contributed by atoms with Crippen molar-refractivity contribution in [1.29, 1.82) is 0 Å². The second-order valence-corrected chi connectivity index (χ2v) is 9.99. The van der Waals surface area contributed by atoms with Gasteiger partial charge in [-0.3, -0.25) is 19.0 Å². The summed E-state index contributed by atoms with van der Waals surface area (Å²) >= 11 is 0. The van der Waals surface area contributed by atoms with Crippen LogP contribution in [0.15, 0.2) is 46.1 Å². The van der Waals surface area contributed by atoms with E-state index in [9.17, 15) is 41.1 Å². The summed E-state index contributed by atoms with van der Waals surface area (Å²) in [6, 6.07) is 6.09. The van der Waals surface area contributed by atoms with E-state index in [-0.39, 0.29) is 33.7 Å². The number of carbonyl (C=O) groups is 2. The molecule has 1 aliphatic rings. The average Bonchev–Trinajstić information content (AvgIpc) is 2.79. The number of hydrogen-bond donors (Lipinski definition) is 3.